The molecule has 6 heteroatoms. The Kier molecular flexibility index (Phi) is 6.36. The van der Waals surface area contributed by atoms with E-state index >= 15 is 0 Å². The molecule has 2 heterocycles. The fourth-order valence-corrected chi connectivity index (χ4v) is 4.92. The number of likely N-dealkylation sites (N-methyl/N-ethyl adjacent to an activating group) is 1. The summed E-state index contributed by atoms with van der Waals surface area (Å²) in [4.78, 5) is 19.5. The smallest absolute Gasteiger partial charge is 0.244 e. The third-order valence-electron chi connectivity index (χ3n) is 5.27. The molecule has 2 fully saturated rings. The van der Waals surface area contributed by atoms with E-state index < -0.39 is 0 Å². The van der Waals surface area contributed by atoms with Crippen LogP contribution < -0.4 is 0 Å². The van der Waals surface area contributed by atoms with E-state index in [2.05, 4.69) is 16.7 Å². The van der Waals surface area contributed by atoms with Gasteiger partial charge in [0.05, 0.1) is 0 Å². The summed E-state index contributed by atoms with van der Waals surface area (Å²) in [6.07, 6.45) is 2.54. The fraction of sp³-hybridized carbons (Fsp3) is 0.632. The number of carbonyl (C=O) groups is 1. The molecule has 2 saturated heterocycles. The number of carbonyl (C=O) groups excluding carboxylic acids is 1. The number of thioether (sulfide) groups is 1. The zero-order chi connectivity index (χ0) is 17.8. The quantitative estimate of drug-likeness (QED) is 0.819. The Bertz CT molecular complexity index is 567. The first-order chi connectivity index (χ1) is 12.1. The van der Waals surface area contributed by atoms with Gasteiger partial charge in [0.2, 0.25) is 5.91 Å². The molecule has 0 unspecified atom stereocenters. The van der Waals surface area contributed by atoms with Crippen LogP contribution in [0, 0.1) is 5.82 Å². The standard InChI is InChI=1S/C19H28FN3OS/c1-21(2)18(15-3-5-16(20)6-4-15)19(24)23-11-9-22(10-12-23)17-7-13-25-14-8-17/h3-6,17-18H,7-14H2,1-2H3/t18-/m1/s1. The van der Waals surface area contributed by atoms with Gasteiger partial charge in [-0.25, -0.2) is 4.39 Å². The minimum Gasteiger partial charge on any atom is -0.338 e. The van der Waals surface area contributed by atoms with Crippen LogP contribution in [0.3, 0.4) is 0 Å². The second-order valence-electron chi connectivity index (χ2n) is 7.12. The van der Waals surface area contributed by atoms with Gasteiger partial charge in [0.15, 0.2) is 0 Å². The van der Waals surface area contributed by atoms with E-state index in [0.717, 1.165) is 31.7 Å². The third-order valence-corrected chi connectivity index (χ3v) is 6.32. The summed E-state index contributed by atoms with van der Waals surface area (Å²) in [6.45, 7) is 3.50. The summed E-state index contributed by atoms with van der Waals surface area (Å²) >= 11 is 2.05. The van der Waals surface area contributed by atoms with E-state index in [-0.39, 0.29) is 17.8 Å². The monoisotopic (exact) mass is 365 g/mol. The molecule has 0 N–H and O–H groups in total. The molecular formula is C19H28FN3OS. The van der Waals surface area contributed by atoms with Crippen LogP contribution in [0.5, 0.6) is 0 Å². The number of benzene rings is 1. The van der Waals surface area contributed by atoms with Crippen LogP contribution >= 0.6 is 11.8 Å². The SMILES string of the molecule is CN(C)[C@@H](C(=O)N1CCN(C2CCSCC2)CC1)c1ccc(F)cc1. The van der Waals surface area contributed by atoms with Crippen molar-refractivity contribution in [1.29, 1.82) is 0 Å². The molecule has 1 amide bonds. The Labute approximate surface area is 154 Å². The van der Waals surface area contributed by atoms with Gasteiger partial charge < -0.3 is 4.90 Å². The number of hydrogen-bond donors (Lipinski definition) is 0. The predicted molar refractivity (Wildman–Crippen MR) is 101 cm³/mol. The van der Waals surface area contributed by atoms with Crippen molar-refractivity contribution in [2.75, 3.05) is 51.8 Å². The first-order valence-corrected chi connectivity index (χ1v) is 10.2. The Hall–Kier alpha value is -1.11. The van der Waals surface area contributed by atoms with Crippen LogP contribution in [0.4, 0.5) is 4.39 Å². The summed E-state index contributed by atoms with van der Waals surface area (Å²) in [5, 5.41) is 0. The van der Waals surface area contributed by atoms with Crippen molar-refractivity contribution in [2.24, 2.45) is 0 Å². The Morgan fingerprint density at radius 2 is 1.72 bits per heavy atom. The Morgan fingerprint density at radius 1 is 1.12 bits per heavy atom. The topological polar surface area (TPSA) is 26.8 Å². The Balaban J connectivity index is 1.62. The van der Waals surface area contributed by atoms with E-state index in [1.165, 1.54) is 36.5 Å². The zero-order valence-corrected chi connectivity index (χ0v) is 16.0. The summed E-state index contributed by atoms with van der Waals surface area (Å²) in [5.41, 5.74) is 0.850. The highest BCUT2D eigenvalue weighted by Crippen LogP contribution is 2.25. The van der Waals surface area contributed by atoms with E-state index in [9.17, 15) is 9.18 Å². The molecule has 138 valence electrons. The van der Waals surface area contributed by atoms with Gasteiger partial charge in [-0.3, -0.25) is 14.6 Å². The largest absolute Gasteiger partial charge is 0.338 e. The lowest BCUT2D eigenvalue weighted by molar-refractivity contribution is -0.138. The lowest BCUT2D eigenvalue weighted by atomic mass is 10.0. The predicted octanol–water partition coefficient (Wildman–Crippen LogP) is 2.47. The van der Waals surface area contributed by atoms with Gasteiger partial charge in [-0.15, -0.1) is 0 Å². The van der Waals surface area contributed by atoms with E-state index in [1.807, 2.05) is 23.9 Å². The van der Waals surface area contributed by atoms with Crippen LogP contribution in [0.15, 0.2) is 24.3 Å². The molecule has 0 aromatic heterocycles. The van der Waals surface area contributed by atoms with Gasteiger partial charge in [0.25, 0.3) is 0 Å². The van der Waals surface area contributed by atoms with Crippen LogP contribution in [0.25, 0.3) is 0 Å². The average Bonchev–Trinajstić information content (AvgIpc) is 2.64. The van der Waals surface area contributed by atoms with Crippen molar-refractivity contribution in [2.45, 2.75) is 24.9 Å². The molecule has 25 heavy (non-hydrogen) atoms. The van der Waals surface area contributed by atoms with E-state index in [1.54, 1.807) is 12.1 Å². The number of amides is 1. The number of piperazine rings is 1. The summed E-state index contributed by atoms with van der Waals surface area (Å²) in [6, 6.07) is 6.64. The summed E-state index contributed by atoms with van der Waals surface area (Å²) in [5.74, 6) is 2.37. The molecule has 1 aromatic rings. The van der Waals surface area contributed by atoms with Crippen molar-refractivity contribution in [1.82, 2.24) is 14.7 Å². The van der Waals surface area contributed by atoms with Gasteiger partial charge in [-0.2, -0.15) is 11.8 Å². The van der Waals surface area contributed by atoms with Crippen LogP contribution in [-0.2, 0) is 4.79 Å². The van der Waals surface area contributed by atoms with Crippen LogP contribution in [-0.4, -0.2) is 78.4 Å². The van der Waals surface area contributed by atoms with Crippen LogP contribution in [0.1, 0.15) is 24.4 Å². The molecule has 1 atom stereocenters. The minimum atomic E-state index is -0.349. The highest BCUT2D eigenvalue weighted by Gasteiger charge is 2.32. The molecule has 0 saturated carbocycles. The number of hydrogen-bond acceptors (Lipinski definition) is 4. The van der Waals surface area contributed by atoms with Crippen molar-refractivity contribution in [3.05, 3.63) is 35.6 Å². The molecule has 0 bridgehead atoms. The molecule has 0 radical (unpaired) electrons. The highest BCUT2D eigenvalue weighted by molar-refractivity contribution is 7.99. The maximum Gasteiger partial charge on any atom is 0.244 e. The fourth-order valence-electron chi connectivity index (χ4n) is 3.84. The maximum absolute atomic E-state index is 13.2. The molecule has 4 nitrogen and oxygen atoms in total. The molecule has 2 aliphatic rings. The van der Waals surface area contributed by atoms with Crippen molar-refractivity contribution in [3.8, 4) is 0 Å². The zero-order valence-electron chi connectivity index (χ0n) is 15.2. The van der Waals surface area contributed by atoms with Crippen molar-refractivity contribution < 1.29 is 9.18 Å². The second-order valence-corrected chi connectivity index (χ2v) is 8.35. The molecule has 0 spiro atoms. The summed E-state index contributed by atoms with van der Waals surface area (Å²) in [7, 11) is 3.81. The van der Waals surface area contributed by atoms with Gasteiger partial charge in [0.1, 0.15) is 11.9 Å². The summed E-state index contributed by atoms with van der Waals surface area (Å²) < 4.78 is 13.2. The van der Waals surface area contributed by atoms with E-state index in [0.29, 0.717) is 6.04 Å². The normalized spacial score (nSPS) is 21.5. The van der Waals surface area contributed by atoms with Gasteiger partial charge in [0, 0.05) is 32.2 Å². The van der Waals surface area contributed by atoms with Gasteiger partial charge in [-0.05, 0) is 56.1 Å². The van der Waals surface area contributed by atoms with Crippen LogP contribution in [0.2, 0.25) is 0 Å². The van der Waals surface area contributed by atoms with Gasteiger partial charge in [-0.1, -0.05) is 12.1 Å². The average molecular weight is 366 g/mol. The van der Waals surface area contributed by atoms with Crippen molar-refractivity contribution in [3.63, 3.8) is 0 Å². The lowest BCUT2D eigenvalue weighted by Crippen LogP contribution is -2.54. The molecule has 2 aliphatic heterocycles. The molecule has 0 aliphatic carbocycles. The molecular weight excluding hydrogens is 337 g/mol. The third kappa shape index (κ3) is 4.54. The number of nitrogens with zero attached hydrogens (tertiary/aromatic N) is 3. The number of rotatable bonds is 4. The first-order valence-electron chi connectivity index (χ1n) is 9.09. The Morgan fingerprint density at radius 3 is 2.28 bits per heavy atom. The number of halogens is 1. The molecule has 1 aromatic carbocycles. The maximum atomic E-state index is 13.2. The highest BCUT2D eigenvalue weighted by atomic mass is 32.2. The van der Waals surface area contributed by atoms with Crippen molar-refractivity contribution >= 4 is 17.7 Å². The first kappa shape index (κ1) is 18.7. The second kappa shape index (κ2) is 8.52. The molecule has 3 rings (SSSR count). The lowest BCUT2D eigenvalue weighted by Gasteiger charge is -2.42. The minimum absolute atomic E-state index is 0.121. The van der Waals surface area contributed by atoms with E-state index in [4.69, 9.17) is 0 Å². The van der Waals surface area contributed by atoms with Gasteiger partial charge >= 0.3 is 0 Å².